The second-order valence-corrected chi connectivity index (χ2v) is 7.28. The molecule has 0 aliphatic carbocycles. The van der Waals surface area contributed by atoms with Gasteiger partial charge in [-0.05, 0) is 36.1 Å². The first kappa shape index (κ1) is 19.0. The van der Waals surface area contributed by atoms with E-state index in [1.54, 1.807) is 7.05 Å². The van der Waals surface area contributed by atoms with E-state index in [0.717, 1.165) is 30.1 Å². The highest BCUT2D eigenvalue weighted by Gasteiger charge is 2.09. The van der Waals surface area contributed by atoms with Gasteiger partial charge in [0.25, 0.3) is 0 Å². The van der Waals surface area contributed by atoms with Crippen LogP contribution in [-0.4, -0.2) is 28.6 Å². The van der Waals surface area contributed by atoms with E-state index < -0.39 is 0 Å². The normalized spacial score (nSPS) is 13.1. The summed E-state index contributed by atoms with van der Waals surface area (Å²) in [5.41, 5.74) is 4.69. The SMILES string of the molecule is CN=C(NCc1ccc(Cn2cnc3ccccc32)cc1)NC(C)C(C)C. The van der Waals surface area contributed by atoms with Crippen molar-refractivity contribution in [3.05, 3.63) is 66.0 Å². The molecule has 5 heteroatoms. The van der Waals surface area contributed by atoms with Crippen molar-refractivity contribution >= 4 is 17.0 Å². The van der Waals surface area contributed by atoms with Crippen LogP contribution >= 0.6 is 0 Å². The smallest absolute Gasteiger partial charge is 0.191 e. The lowest BCUT2D eigenvalue weighted by molar-refractivity contribution is 0.481. The molecule has 2 aromatic carbocycles. The van der Waals surface area contributed by atoms with Crippen LogP contribution in [0.1, 0.15) is 31.9 Å². The molecule has 1 atom stereocenters. The Hall–Kier alpha value is -2.82. The number of imidazole rings is 1. The van der Waals surface area contributed by atoms with Gasteiger partial charge in [-0.1, -0.05) is 50.2 Å². The molecular formula is C22H29N5. The van der Waals surface area contributed by atoms with E-state index >= 15 is 0 Å². The summed E-state index contributed by atoms with van der Waals surface area (Å²) in [5, 5.41) is 6.81. The molecule has 142 valence electrons. The van der Waals surface area contributed by atoms with Crippen LogP contribution in [0.2, 0.25) is 0 Å². The number of rotatable bonds is 6. The zero-order valence-electron chi connectivity index (χ0n) is 16.6. The molecule has 0 saturated heterocycles. The third-order valence-electron chi connectivity index (χ3n) is 4.95. The number of hydrogen-bond acceptors (Lipinski definition) is 2. The molecule has 27 heavy (non-hydrogen) atoms. The molecule has 3 rings (SSSR count). The van der Waals surface area contributed by atoms with Crippen LogP contribution in [0.25, 0.3) is 11.0 Å². The summed E-state index contributed by atoms with van der Waals surface area (Å²) in [7, 11) is 1.81. The second-order valence-electron chi connectivity index (χ2n) is 7.28. The average Bonchev–Trinajstić information content (AvgIpc) is 3.09. The van der Waals surface area contributed by atoms with Crippen LogP contribution in [0.3, 0.4) is 0 Å². The summed E-state index contributed by atoms with van der Waals surface area (Å²) in [4.78, 5) is 8.77. The molecule has 1 unspecified atom stereocenters. The van der Waals surface area contributed by atoms with Gasteiger partial charge in [0.05, 0.1) is 17.4 Å². The van der Waals surface area contributed by atoms with Crippen molar-refractivity contribution in [3.8, 4) is 0 Å². The third-order valence-corrected chi connectivity index (χ3v) is 4.95. The molecule has 0 aliphatic heterocycles. The van der Waals surface area contributed by atoms with Gasteiger partial charge in [0.1, 0.15) is 0 Å². The maximum atomic E-state index is 4.46. The van der Waals surface area contributed by atoms with Crippen molar-refractivity contribution in [1.29, 1.82) is 0 Å². The zero-order chi connectivity index (χ0) is 19.2. The number of hydrogen-bond donors (Lipinski definition) is 2. The molecule has 3 aromatic rings. The Balaban J connectivity index is 1.59. The molecule has 0 spiro atoms. The summed E-state index contributed by atoms with van der Waals surface area (Å²) >= 11 is 0. The van der Waals surface area contributed by atoms with E-state index in [2.05, 4.69) is 82.3 Å². The molecule has 0 aliphatic rings. The van der Waals surface area contributed by atoms with Crippen LogP contribution in [0.15, 0.2) is 59.9 Å². The molecule has 2 N–H and O–H groups in total. The largest absolute Gasteiger partial charge is 0.354 e. The van der Waals surface area contributed by atoms with Gasteiger partial charge in [-0.25, -0.2) is 4.98 Å². The van der Waals surface area contributed by atoms with Gasteiger partial charge in [-0.15, -0.1) is 0 Å². The lowest BCUT2D eigenvalue weighted by Gasteiger charge is -2.20. The lowest BCUT2D eigenvalue weighted by atomic mass is 10.1. The minimum Gasteiger partial charge on any atom is -0.354 e. The van der Waals surface area contributed by atoms with Crippen molar-refractivity contribution in [1.82, 2.24) is 20.2 Å². The zero-order valence-corrected chi connectivity index (χ0v) is 16.6. The van der Waals surface area contributed by atoms with Crippen LogP contribution < -0.4 is 10.6 Å². The number of nitrogens with one attached hydrogen (secondary N) is 2. The Morgan fingerprint density at radius 1 is 1.04 bits per heavy atom. The standard InChI is InChI=1S/C22H29N5/c1-16(2)17(3)26-22(23-4)24-13-18-9-11-19(12-10-18)14-27-15-25-20-7-5-6-8-21(20)27/h5-12,15-17H,13-14H2,1-4H3,(H2,23,24,26). The Morgan fingerprint density at radius 3 is 2.44 bits per heavy atom. The summed E-state index contributed by atoms with van der Waals surface area (Å²) in [6, 6.07) is 17.3. The fourth-order valence-electron chi connectivity index (χ4n) is 2.86. The number of benzene rings is 2. The van der Waals surface area contributed by atoms with Crippen molar-refractivity contribution in [3.63, 3.8) is 0 Å². The average molecular weight is 364 g/mol. The predicted molar refractivity (Wildman–Crippen MR) is 113 cm³/mol. The molecule has 1 heterocycles. The third kappa shape index (κ3) is 4.88. The Kier molecular flexibility index (Phi) is 6.12. The molecular weight excluding hydrogens is 334 g/mol. The summed E-state index contributed by atoms with van der Waals surface area (Å²) in [6.45, 7) is 8.15. The quantitative estimate of drug-likeness (QED) is 0.517. The van der Waals surface area contributed by atoms with Gasteiger partial charge in [0.2, 0.25) is 0 Å². The van der Waals surface area contributed by atoms with Gasteiger partial charge in [-0.3, -0.25) is 4.99 Å². The fourth-order valence-corrected chi connectivity index (χ4v) is 2.86. The van der Waals surface area contributed by atoms with E-state index in [1.807, 2.05) is 18.5 Å². The highest BCUT2D eigenvalue weighted by Crippen LogP contribution is 2.14. The van der Waals surface area contributed by atoms with Gasteiger partial charge in [0, 0.05) is 26.2 Å². The van der Waals surface area contributed by atoms with E-state index in [4.69, 9.17) is 0 Å². The van der Waals surface area contributed by atoms with Crippen LogP contribution in [0.5, 0.6) is 0 Å². The first-order valence-corrected chi connectivity index (χ1v) is 9.51. The Bertz CT molecular complexity index is 892. The van der Waals surface area contributed by atoms with E-state index in [9.17, 15) is 0 Å². The fraction of sp³-hybridized carbons (Fsp3) is 0.364. The molecule has 0 bridgehead atoms. The van der Waals surface area contributed by atoms with Crippen LogP contribution in [0.4, 0.5) is 0 Å². The lowest BCUT2D eigenvalue weighted by Crippen LogP contribution is -2.43. The van der Waals surface area contributed by atoms with Crippen molar-refractivity contribution < 1.29 is 0 Å². The van der Waals surface area contributed by atoms with Gasteiger partial charge in [-0.2, -0.15) is 0 Å². The maximum Gasteiger partial charge on any atom is 0.191 e. The highest BCUT2D eigenvalue weighted by atomic mass is 15.2. The Labute approximate surface area is 161 Å². The van der Waals surface area contributed by atoms with Crippen LogP contribution in [0, 0.1) is 5.92 Å². The highest BCUT2D eigenvalue weighted by molar-refractivity contribution is 5.80. The van der Waals surface area contributed by atoms with Crippen LogP contribution in [-0.2, 0) is 13.1 Å². The van der Waals surface area contributed by atoms with Gasteiger partial charge < -0.3 is 15.2 Å². The van der Waals surface area contributed by atoms with Crippen molar-refractivity contribution in [2.45, 2.75) is 39.9 Å². The molecule has 1 aromatic heterocycles. The number of aliphatic imine (C=N–C) groups is 1. The number of aromatic nitrogens is 2. The van der Waals surface area contributed by atoms with Crippen molar-refractivity contribution in [2.24, 2.45) is 10.9 Å². The number of para-hydroxylation sites is 2. The summed E-state index contributed by atoms with van der Waals surface area (Å²) in [6.07, 6.45) is 1.91. The molecule has 0 saturated carbocycles. The minimum absolute atomic E-state index is 0.378. The minimum atomic E-state index is 0.378. The number of fused-ring (bicyclic) bond motifs is 1. The molecule has 0 fully saturated rings. The van der Waals surface area contributed by atoms with Gasteiger partial charge in [0.15, 0.2) is 5.96 Å². The van der Waals surface area contributed by atoms with E-state index in [1.165, 1.54) is 11.1 Å². The molecule has 5 nitrogen and oxygen atoms in total. The number of nitrogens with zero attached hydrogens (tertiary/aromatic N) is 3. The maximum absolute atomic E-state index is 4.46. The molecule has 0 amide bonds. The van der Waals surface area contributed by atoms with E-state index in [0.29, 0.717) is 12.0 Å². The summed E-state index contributed by atoms with van der Waals surface area (Å²) < 4.78 is 2.18. The van der Waals surface area contributed by atoms with Gasteiger partial charge >= 0.3 is 0 Å². The monoisotopic (exact) mass is 363 g/mol. The first-order valence-electron chi connectivity index (χ1n) is 9.51. The number of guanidine groups is 1. The summed E-state index contributed by atoms with van der Waals surface area (Å²) in [5.74, 6) is 1.40. The molecule has 0 radical (unpaired) electrons. The van der Waals surface area contributed by atoms with E-state index in [-0.39, 0.29) is 0 Å². The predicted octanol–water partition coefficient (Wildman–Crippen LogP) is 3.79. The Morgan fingerprint density at radius 2 is 1.74 bits per heavy atom. The first-order chi connectivity index (χ1) is 13.1. The second kappa shape index (κ2) is 8.71. The topological polar surface area (TPSA) is 54.2 Å². The van der Waals surface area contributed by atoms with Crippen molar-refractivity contribution in [2.75, 3.05) is 7.05 Å².